The van der Waals surface area contributed by atoms with Crippen molar-refractivity contribution in [2.45, 2.75) is 45.6 Å². The lowest BCUT2D eigenvalue weighted by atomic mass is 9.89. The number of carbonyl (C=O) groups excluding carboxylic acids is 1. The zero-order valence-electron chi connectivity index (χ0n) is 13.4. The van der Waals surface area contributed by atoms with E-state index in [1.165, 1.54) is 5.56 Å². The molecule has 0 saturated carbocycles. The molecule has 3 heterocycles. The molecule has 1 amide bonds. The Morgan fingerprint density at radius 2 is 2.14 bits per heavy atom. The van der Waals surface area contributed by atoms with Gasteiger partial charge in [-0.2, -0.15) is 0 Å². The normalized spacial score (nSPS) is 17.7. The maximum atomic E-state index is 11.3. The smallest absolute Gasteiger partial charge is 0.217 e. The van der Waals surface area contributed by atoms with Crippen molar-refractivity contribution in [3.8, 4) is 0 Å². The van der Waals surface area contributed by atoms with Gasteiger partial charge in [0.15, 0.2) is 0 Å². The minimum Gasteiger partial charge on any atom is -0.356 e. The first-order valence-electron chi connectivity index (χ1n) is 7.87. The molecule has 0 aromatic carbocycles. The monoisotopic (exact) mass is 301 g/mol. The van der Waals surface area contributed by atoms with E-state index >= 15 is 0 Å². The Balaban J connectivity index is 1.85. The third-order valence-electron chi connectivity index (χ3n) is 4.56. The number of amides is 1. The van der Waals surface area contributed by atoms with Crippen LogP contribution in [0.4, 0.5) is 5.82 Å². The predicted molar refractivity (Wildman–Crippen MR) is 86.9 cm³/mol. The molecule has 0 unspecified atom stereocenters. The number of piperidine rings is 1. The number of aromatic amines is 1. The lowest BCUT2D eigenvalue weighted by Crippen LogP contribution is -2.53. The molecule has 2 N–H and O–H groups in total. The molecule has 2 aromatic heterocycles. The van der Waals surface area contributed by atoms with Crippen LogP contribution in [0.1, 0.15) is 39.2 Å². The lowest BCUT2D eigenvalue weighted by molar-refractivity contribution is -0.120. The molecule has 2 aromatic rings. The van der Waals surface area contributed by atoms with Crippen LogP contribution >= 0.6 is 0 Å². The van der Waals surface area contributed by atoms with Crippen LogP contribution in [-0.2, 0) is 11.2 Å². The van der Waals surface area contributed by atoms with Gasteiger partial charge >= 0.3 is 0 Å². The molecule has 1 aliphatic heterocycles. The average Bonchev–Trinajstić information content (AvgIpc) is 2.90. The van der Waals surface area contributed by atoms with Crippen molar-refractivity contribution in [1.29, 1.82) is 0 Å². The van der Waals surface area contributed by atoms with E-state index in [9.17, 15) is 4.79 Å². The van der Waals surface area contributed by atoms with E-state index in [1.54, 1.807) is 13.3 Å². The van der Waals surface area contributed by atoms with Crippen molar-refractivity contribution in [2.24, 2.45) is 0 Å². The molecule has 6 heteroatoms. The molecule has 3 rings (SSSR count). The number of aromatic nitrogens is 3. The summed E-state index contributed by atoms with van der Waals surface area (Å²) in [7, 11) is 0. The number of fused-ring (bicyclic) bond motifs is 1. The predicted octanol–water partition coefficient (Wildman–Crippen LogP) is 2.02. The van der Waals surface area contributed by atoms with E-state index in [0.717, 1.165) is 49.2 Å². The Labute approximate surface area is 130 Å². The van der Waals surface area contributed by atoms with Crippen LogP contribution in [0, 0.1) is 0 Å². The minimum absolute atomic E-state index is 0.0410. The van der Waals surface area contributed by atoms with Gasteiger partial charge in [0.2, 0.25) is 5.91 Å². The first kappa shape index (κ1) is 14.8. The van der Waals surface area contributed by atoms with Gasteiger partial charge < -0.3 is 15.2 Å². The standard InChI is InChI=1S/C16H23N5O/c1-4-12-9-17-14-13(12)15(19-10-18-14)21-7-5-16(3,6-8-21)20-11(2)22/h9-10H,4-8H2,1-3H3,(H,20,22)(H,17,18,19). The van der Waals surface area contributed by atoms with E-state index in [-0.39, 0.29) is 11.4 Å². The molecule has 0 aliphatic carbocycles. The topological polar surface area (TPSA) is 73.9 Å². The fourth-order valence-corrected chi connectivity index (χ4v) is 3.29. The van der Waals surface area contributed by atoms with Crippen LogP contribution in [0.2, 0.25) is 0 Å². The molecule has 0 radical (unpaired) electrons. The number of hydrogen-bond acceptors (Lipinski definition) is 4. The molecule has 118 valence electrons. The summed E-state index contributed by atoms with van der Waals surface area (Å²) in [6.07, 6.45) is 6.44. The fourth-order valence-electron chi connectivity index (χ4n) is 3.29. The summed E-state index contributed by atoms with van der Waals surface area (Å²) in [5.74, 6) is 1.05. The summed E-state index contributed by atoms with van der Waals surface area (Å²) in [4.78, 5) is 25.7. The second-order valence-electron chi connectivity index (χ2n) is 6.32. The van der Waals surface area contributed by atoms with Crippen molar-refractivity contribution < 1.29 is 4.79 Å². The van der Waals surface area contributed by atoms with Crippen LogP contribution in [0.25, 0.3) is 11.0 Å². The maximum absolute atomic E-state index is 11.3. The number of aryl methyl sites for hydroxylation is 1. The second kappa shape index (κ2) is 5.59. The SMILES string of the molecule is CCc1c[nH]c2ncnc(N3CCC(C)(NC(C)=O)CC3)c12. The first-order chi connectivity index (χ1) is 10.5. The van der Waals surface area contributed by atoms with Gasteiger partial charge in [-0.15, -0.1) is 0 Å². The highest BCUT2D eigenvalue weighted by atomic mass is 16.1. The zero-order chi connectivity index (χ0) is 15.7. The van der Waals surface area contributed by atoms with E-state index < -0.39 is 0 Å². The molecule has 22 heavy (non-hydrogen) atoms. The van der Waals surface area contributed by atoms with Gasteiger partial charge in [0.25, 0.3) is 0 Å². The highest BCUT2D eigenvalue weighted by Gasteiger charge is 2.32. The van der Waals surface area contributed by atoms with E-state index in [0.29, 0.717) is 0 Å². The van der Waals surface area contributed by atoms with Crippen LogP contribution < -0.4 is 10.2 Å². The van der Waals surface area contributed by atoms with Crippen molar-refractivity contribution >= 4 is 22.8 Å². The number of nitrogens with one attached hydrogen (secondary N) is 2. The minimum atomic E-state index is -0.111. The molecule has 1 aliphatic rings. The number of anilines is 1. The zero-order valence-corrected chi connectivity index (χ0v) is 13.4. The highest BCUT2D eigenvalue weighted by Crippen LogP contribution is 2.31. The fraction of sp³-hybridized carbons (Fsp3) is 0.562. The third kappa shape index (κ3) is 2.65. The van der Waals surface area contributed by atoms with Gasteiger partial charge in [0.05, 0.1) is 5.39 Å². The van der Waals surface area contributed by atoms with Crippen LogP contribution in [0.3, 0.4) is 0 Å². The summed E-state index contributed by atoms with van der Waals surface area (Å²) < 4.78 is 0. The Morgan fingerprint density at radius 3 is 2.77 bits per heavy atom. The second-order valence-corrected chi connectivity index (χ2v) is 6.32. The van der Waals surface area contributed by atoms with Crippen LogP contribution in [0.5, 0.6) is 0 Å². The van der Waals surface area contributed by atoms with Crippen molar-refractivity contribution in [2.75, 3.05) is 18.0 Å². The molecule has 0 spiro atoms. The maximum Gasteiger partial charge on any atom is 0.217 e. The Morgan fingerprint density at radius 1 is 1.41 bits per heavy atom. The van der Waals surface area contributed by atoms with Crippen molar-refractivity contribution in [3.63, 3.8) is 0 Å². The first-order valence-corrected chi connectivity index (χ1v) is 7.87. The molecule has 0 atom stereocenters. The van der Waals surface area contributed by atoms with E-state index in [1.807, 2.05) is 6.20 Å². The Kier molecular flexibility index (Phi) is 3.76. The number of carbonyl (C=O) groups is 1. The van der Waals surface area contributed by atoms with Gasteiger partial charge in [-0.25, -0.2) is 9.97 Å². The van der Waals surface area contributed by atoms with Gasteiger partial charge in [-0.05, 0) is 31.7 Å². The molecule has 0 bridgehead atoms. The number of H-pyrrole nitrogens is 1. The quantitative estimate of drug-likeness (QED) is 0.909. The van der Waals surface area contributed by atoms with E-state index in [2.05, 4.69) is 39.0 Å². The van der Waals surface area contributed by atoms with Crippen LogP contribution in [0.15, 0.2) is 12.5 Å². The highest BCUT2D eigenvalue weighted by molar-refractivity contribution is 5.90. The summed E-state index contributed by atoms with van der Waals surface area (Å²) in [6.45, 7) is 7.62. The molecular formula is C16H23N5O. The third-order valence-corrected chi connectivity index (χ3v) is 4.56. The van der Waals surface area contributed by atoms with Gasteiger partial charge in [0, 0.05) is 31.7 Å². The summed E-state index contributed by atoms with van der Waals surface area (Å²) >= 11 is 0. The average molecular weight is 301 g/mol. The van der Waals surface area contributed by atoms with Gasteiger partial charge in [0.1, 0.15) is 17.8 Å². The largest absolute Gasteiger partial charge is 0.356 e. The van der Waals surface area contributed by atoms with Gasteiger partial charge in [-0.1, -0.05) is 6.92 Å². The number of rotatable bonds is 3. The summed E-state index contributed by atoms with van der Waals surface area (Å²) in [6, 6.07) is 0. The van der Waals surface area contributed by atoms with Crippen molar-refractivity contribution in [1.82, 2.24) is 20.3 Å². The molecular weight excluding hydrogens is 278 g/mol. The van der Waals surface area contributed by atoms with E-state index in [4.69, 9.17) is 0 Å². The molecule has 1 fully saturated rings. The molecule has 6 nitrogen and oxygen atoms in total. The number of nitrogens with zero attached hydrogens (tertiary/aromatic N) is 3. The number of hydrogen-bond donors (Lipinski definition) is 2. The van der Waals surface area contributed by atoms with Crippen molar-refractivity contribution in [3.05, 3.63) is 18.1 Å². The Bertz CT molecular complexity index is 685. The summed E-state index contributed by atoms with van der Waals surface area (Å²) in [5, 5.41) is 4.21. The molecule has 1 saturated heterocycles. The summed E-state index contributed by atoms with van der Waals surface area (Å²) in [5.41, 5.74) is 2.04. The van der Waals surface area contributed by atoms with Gasteiger partial charge in [-0.3, -0.25) is 4.79 Å². The lowest BCUT2D eigenvalue weighted by Gasteiger charge is -2.40. The van der Waals surface area contributed by atoms with Crippen LogP contribution in [-0.4, -0.2) is 39.5 Å². The Hall–Kier alpha value is -2.11.